The maximum absolute atomic E-state index is 13.6. The molecule has 0 saturated carbocycles. The molecule has 0 amide bonds. The lowest BCUT2D eigenvalue weighted by Crippen LogP contribution is -2.41. The number of hydrogen-bond donors (Lipinski definition) is 2. The lowest BCUT2D eigenvalue weighted by molar-refractivity contribution is -0.137. The number of carboxylic acids is 1. The van der Waals surface area contributed by atoms with Gasteiger partial charge >= 0.3 is 5.97 Å². The van der Waals surface area contributed by atoms with Crippen molar-refractivity contribution in [3.05, 3.63) is 35.4 Å². The molecular weight excluding hydrogens is 268 g/mol. The van der Waals surface area contributed by atoms with Crippen molar-refractivity contribution in [2.45, 2.75) is 38.8 Å². The average Bonchev–Trinajstić information content (AvgIpc) is 2.36. The van der Waals surface area contributed by atoms with Gasteiger partial charge in [-0.1, -0.05) is 13.8 Å². The molecule has 1 atom stereocenters. The minimum atomic E-state index is -1.05. The minimum Gasteiger partial charge on any atom is -0.481 e. The Kier molecular flexibility index (Phi) is 5.76. The van der Waals surface area contributed by atoms with Crippen LogP contribution in [0.4, 0.5) is 8.78 Å². The Labute approximate surface area is 115 Å². The zero-order chi connectivity index (χ0) is 15.3. The minimum absolute atomic E-state index is 0.0162. The zero-order valence-corrected chi connectivity index (χ0v) is 11.3. The molecule has 1 rings (SSSR count). The Balaban J connectivity index is 2.96. The molecule has 0 saturated heterocycles. The molecule has 0 aliphatic rings. The van der Waals surface area contributed by atoms with Gasteiger partial charge in [0.05, 0.1) is 11.6 Å². The molecular formula is C14H17F2NO3. The first-order valence-corrected chi connectivity index (χ1v) is 6.28. The Bertz CT molecular complexity index is 503. The Morgan fingerprint density at radius 3 is 2.50 bits per heavy atom. The van der Waals surface area contributed by atoms with E-state index >= 15 is 0 Å². The van der Waals surface area contributed by atoms with Crippen molar-refractivity contribution in [3.8, 4) is 0 Å². The maximum atomic E-state index is 13.6. The SMILES string of the molecule is CC(C)NC(CCC(=O)O)C(=O)c1cc(F)ccc1F. The number of benzene rings is 1. The van der Waals surface area contributed by atoms with Gasteiger partial charge < -0.3 is 10.4 Å². The molecule has 1 aromatic rings. The molecule has 110 valence electrons. The predicted molar refractivity (Wildman–Crippen MR) is 69.6 cm³/mol. The smallest absolute Gasteiger partial charge is 0.303 e. The second kappa shape index (κ2) is 7.09. The summed E-state index contributed by atoms with van der Waals surface area (Å²) in [5.74, 6) is -3.22. The fourth-order valence-corrected chi connectivity index (χ4v) is 1.83. The second-order valence-corrected chi connectivity index (χ2v) is 4.79. The number of ketones is 1. The third-order valence-corrected chi connectivity index (χ3v) is 2.69. The van der Waals surface area contributed by atoms with Crippen LogP contribution in [0.5, 0.6) is 0 Å². The van der Waals surface area contributed by atoms with Crippen molar-refractivity contribution >= 4 is 11.8 Å². The molecule has 6 heteroatoms. The standard InChI is InChI=1S/C14H17F2NO3/c1-8(2)17-12(5-6-13(18)19)14(20)10-7-9(15)3-4-11(10)16/h3-4,7-8,12,17H,5-6H2,1-2H3,(H,18,19). The molecule has 0 heterocycles. The summed E-state index contributed by atoms with van der Waals surface area (Å²) in [6.45, 7) is 3.56. The van der Waals surface area contributed by atoms with Gasteiger partial charge in [0.15, 0.2) is 5.78 Å². The summed E-state index contributed by atoms with van der Waals surface area (Å²) in [7, 11) is 0. The molecule has 0 aromatic heterocycles. The van der Waals surface area contributed by atoms with Gasteiger partial charge in [-0.3, -0.25) is 9.59 Å². The number of aliphatic carboxylic acids is 1. The third-order valence-electron chi connectivity index (χ3n) is 2.69. The van der Waals surface area contributed by atoms with Crippen molar-refractivity contribution in [3.63, 3.8) is 0 Å². The van der Waals surface area contributed by atoms with Crippen LogP contribution in [0.3, 0.4) is 0 Å². The van der Waals surface area contributed by atoms with Gasteiger partial charge in [0.2, 0.25) is 0 Å². The summed E-state index contributed by atoms with van der Waals surface area (Å²) >= 11 is 0. The van der Waals surface area contributed by atoms with Crippen LogP contribution in [0.25, 0.3) is 0 Å². The van der Waals surface area contributed by atoms with Gasteiger partial charge in [-0.25, -0.2) is 8.78 Å². The Hall–Kier alpha value is -1.82. The van der Waals surface area contributed by atoms with E-state index in [4.69, 9.17) is 5.11 Å². The fraction of sp³-hybridized carbons (Fsp3) is 0.429. The number of rotatable bonds is 7. The highest BCUT2D eigenvalue weighted by molar-refractivity contribution is 6.00. The van der Waals surface area contributed by atoms with E-state index in [9.17, 15) is 18.4 Å². The summed E-state index contributed by atoms with van der Waals surface area (Å²) in [6.07, 6.45) is -0.213. The largest absolute Gasteiger partial charge is 0.481 e. The van der Waals surface area contributed by atoms with Crippen LogP contribution in [-0.2, 0) is 4.79 Å². The highest BCUT2D eigenvalue weighted by Gasteiger charge is 2.24. The number of Topliss-reactive ketones (excluding diaryl/α,β-unsaturated/α-hetero) is 1. The molecule has 0 fully saturated rings. The lowest BCUT2D eigenvalue weighted by atomic mass is 9.99. The Morgan fingerprint density at radius 1 is 1.30 bits per heavy atom. The van der Waals surface area contributed by atoms with E-state index in [0.717, 1.165) is 18.2 Å². The second-order valence-electron chi connectivity index (χ2n) is 4.79. The monoisotopic (exact) mass is 285 g/mol. The summed E-state index contributed by atoms with van der Waals surface area (Å²) in [5, 5.41) is 11.6. The van der Waals surface area contributed by atoms with Gasteiger partial charge in [0, 0.05) is 12.5 Å². The van der Waals surface area contributed by atoms with Crippen LogP contribution in [0, 0.1) is 11.6 Å². The molecule has 1 aromatic carbocycles. The third kappa shape index (κ3) is 4.70. The van der Waals surface area contributed by atoms with E-state index in [2.05, 4.69) is 5.32 Å². The van der Waals surface area contributed by atoms with Gasteiger partial charge in [0.1, 0.15) is 11.6 Å². The summed E-state index contributed by atoms with van der Waals surface area (Å²) in [4.78, 5) is 22.8. The van der Waals surface area contributed by atoms with Crippen LogP contribution in [-0.4, -0.2) is 28.9 Å². The van der Waals surface area contributed by atoms with Crippen molar-refractivity contribution in [1.82, 2.24) is 5.32 Å². The number of halogens is 2. The first-order valence-electron chi connectivity index (χ1n) is 6.28. The lowest BCUT2D eigenvalue weighted by Gasteiger charge is -2.19. The van der Waals surface area contributed by atoms with E-state index in [-0.39, 0.29) is 24.4 Å². The topological polar surface area (TPSA) is 66.4 Å². The molecule has 0 bridgehead atoms. The van der Waals surface area contributed by atoms with Gasteiger partial charge in [-0.2, -0.15) is 0 Å². The van der Waals surface area contributed by atoms with Gasteiger partial charge in [-0.05, 0) is 24.6 Å². The summed E-state index contributed by atoms with van der Waals surface area (Å²) in [6, 6.07) is 1.69. The highest BCUT2D eigenvalue weighted by Crippen LogP contribution is 2.14. The quantitative estimate of drug-likeness (QED) is 0.755. The van der Waals surface area contributed by atoms with Crippen molar-refractivity contribution < 1.29 is 23.5 Å². The number of carbonyl (C=O) groups excluding carboxylic acids is 1. The predicted octanol–water partition coefficient (Wildman–Crippen LogP) is 2.38. The van der Waals surface area contributed by atoms with E-state index in [0.29, 0.717) is 0 Å². The molecule has 0 radical (unpaired) electrons. The average molecular weight is 285 g/mol. The number of nitrogens with one attached hydrogen (secondary N) is 1. The normalized spacial score (nSPS) is 12.4. The summed E-state index contributed by atoms with van der Waals surface area (Å²) in [5.41, 5.74) is -0.367. The molecule has 0 aliphatic carbocycles. The molecule has 20 heavy (non-hydrogen) atoms. The van der Waals surface area contributed by atoms with E-state index in [1.165, 1.54) is 0 Å². The number of hydrogen-bond acceptors (Lipinski definition) is 3. The summed E-state index contributed by atoms with van der Waals surface area (Å²) < 4.78 is 26.7. The van der Waals surface area contributed by atoms with Crippen molar-refractivity contribution in [2.24, 2.45) is 0 Å². The van der Waals surface area contributed by atoms with E-state index in [1.807, 2.05) is 0 Å². The molecule has 2 N–H and O–H groups in total. The van der Waals surface area contributed by atoms with E-state index < -0.39 is 29.4 Å². The van der Waals surface area contributed by atoms with Crippen LogP contribution in [0.1, 0.15) is 37.0 Å². The van der Waals surface area contributed by atoms with Crippen molar-refractivity contribution in [1.29, 1.82) is 0 Å². The first kappa shape index (κ1) is 16.2. The molecule has 0 aliphatic heterocycles. The zero-order valence-electron chi connectivity index (χ0n) is 11.3. The van der Waals surface area contributed by atoms with Crippen molar-refractivity contribution in [2.75, 3.05) is 0 Å². The van der Waals surface area contributed by atoms with Crippen LogP contribution < -0.4 is 5.32 Å². The number of carboxylic acid groups (broad SMARTS) is 1. The van der Waals surface area contributed by atoms with Gasteiger partial charge in [-0.15, -0.1) is 0 Å². The van der Waals surface area contributed by atoms with Crippen LogP contribution in [0.2, 0.25) is 0 Å². The molecule has 1 unspecified atom stereocenters. The van der Waals surface area contributed by atoms with Crippen LogP contribution >= 0.6 is 0 Å². The number of carbonyl (C=O) groups is 2. The fourth-order valence-electron chi connectivity index (χ4n) is 1.83. The molecule has 4 nitrogen and oxygen atoms in total. The Morgan fingerprint density at radius 2 is 1.95 bits per heavy atom. The van der Waals surface area contributed by atoms with Crippen LogP contribution in [0.15, 0.2) is 18.2 Å². The maximum Gasteiger partial charge on any atom is 0.303 e. The van der Waals surface area contributed by atoms with E-state index in [1.54, 1.807) is 13.8 Å². The van der Waals surface area contributed by atoms with Gasteiger partial charge in [0.25, 0.3) is 0 Å². The molecule has 0 spiro atoms. The highest BCUT2D eigenvalue weighted by atomic mass is 19.1. The first-order chi connectivity index (χ1) is 9.31.